The van der Waals surface area contributed by atoms with Crippen LogP contribution in [0.3, 0.4) is 0 Å². The fraction of sp³-hybridized carbons (Fsp3) is 0.351. The summed E-state index contributed by atoms with van der Waals surface area (Å²) in [6, 6.07) is 29.7. The second kappa shape index (κ2) is 11.1. The van der Waals surface area contributed by atoms with E-state index in [1.807, 2.05) is 24.3 Å². The van der Waals surface area contributed by atoms with E-state index >= 15 is 0 Å². The van der Waals surface area contributed by atoms with Crippen LogP contribution in [0.15, 0.2) is 84.9 Å². The monoisotopic (exact) mass is 606 g/mol. The molecule has 230 valence electrons. The van der Waals surface area contributed by atoms with Crippen molar-refractivity contribution in [3.8, 4) is 34.1 Å². The van der Waals surface area contributed by atoms with Gasteiger partial charge in [-0.1, -0.05) is 60.7 Å². The first kappa shape index (κ1) is 27.2. The van der Waals surface area contributed by atoms with E-state index in [9.17, 15) is 0 Å². The van der Waals surface area contributed by atoms with Gasteiger partial charge in [0.1, 0.15) is 73.8 Å². The molecule has 4 atom stereocenters. The summed E-state index contributed by atoms with van der Waals surface area (Å²) in [6.07, 6.45) is 0.476. The van der Waals surface area contributed by atoms with Gasteiger partial charge in [-0.15, -0.1) is 0 Å². The Morgan fingerprint density at radius 3 is 1.24 bits per heavy atom. The van der Waals surface area contributed by atoms with Gasteiger partial charge in [0.2, 0.25) is 0 Å². The fourth-order valence-corrected chi connectivity index (χ4v) is 6.40. The van der Waals surface area contributed by atoms with E-state index in [2.05, 4.69) is 60.7 Å². The zero-order chi connectivity index (χ0) is 29.8. The lowest BCUT2D eigenvalue weighted by Crippen LogP contribution is -2.30. The SMILES string of the molecule is c1ccc2c(c1)-c1ccccc1C2(c1ccc(OCC2CO2)cc1OCC1CO1)c1ccc(OCC2CO2)cc1OCC1CO1. The lowest BCUT2D eigenvalue weighted by atomic mass is 9.67. The summed E-state index contributed by atoms with van der Waals surface area (Å²) in [4.78, 5) is 0. The molecule has 45 heavy (non-hydrogen) atoms. The van der Waals surface area contributed by atoms with Crippen LogP contribution in [0.25, 0.3) is 11.1 Å². The third-order valence-corrected chi connectivity index (χ3v) is 9.00. The molecule has 8 heteroatoms. The lowest BCUT2D eigenvalue weighted by Gasteiger charge is -2.36. The number of hydrogen-bond donors (Lipinski definition) is 0. The topological polar surface area (TPSA) is 87.0 Å². The molecule has 0 radical (unpaired) electrons. The van der Waals surface area contributed by atoms with Crippen molar-refractivity contribution in [2.75, 3.05) is 52.9 Å². The Balaban J connectivity index is 1.25. The molecule has 4 aliphatic heterocycles. The molecule has 5 aliphatic rings. The van der Waals surface area contributed by atoms with E-state index in [1.54, 1.807) is 0 Å². The molecule has 4 aromatic carbocycles. The van der Waals surface area contributed by atoms with Crippen molar-refractivity contribution in [2.45, 2.75) is 29.8 Å². The molecule has 0 bridgehead atoms. The minimum atomic E-state index is -0.761. The van der Waals surface area contributed by atoms with Crippen LogP contribution >= 0.6 is 0 Å². The minimum absolute atomic E-state index is 0.0886. The van der Waals surface area contributed by atoms with Gasteiger partial charge in [0, 0.05) is 23.3 Å². The molecule has 4 fully saturated rings. The second-order valence-corrected chi connectivity index (χ2v) is 12.2. The van der Waals surface area contributed by atoms with Crippen molar-refractivity contribution in [3.63, 3.8) is 0 Å². The van der Waals surface area contributed by atoms with Gasteiger partial charge in [0.25, 0.3) is 0 Å². The number of fused-ring (bicyclic) bond motifs is 3. The highest BCUT2D eigenvalue weighted by Gasteiger charge is 2.49. The van der Waals surface area contributed by atoms with Gasteiger partial charge in [-0.05, 0) is 34.4 Å². The van der Waals surface area contributed by atoms with Crippen molar-refractivity contribution in [3.05, 3.63) is 107 Å². The highest BCUT2D eigenvalue weighted by molar-refractivity contribution is 5.87. The standard InChI is InChI=1S/C37H34O8/c1-3-7-31-29(5-1)30-6-2-4-8-32(30)37(31,33-11-9-23(38-15-25-17-40-25)13-35(33)44-21-27-19-42-27)34-12-10-24(39-16-26-18-41-26)14-36(34)45-22-28-20-43-28/h1-14,25-28H,15-22H2. The predicted molar refractivity (Wildman–Crippen MR) is 165 cm³/mol. The summed E-state index contributed by atoms with van der Waals surface area (Å²) in [7, 11) is 0. The molecule has 0 aromatic heterocycles. The molecule has 4 heterocycles. The van der Waals surface area contributed by atoms with Gasteiger partial charge >= 0.3 is 0 Å². The number of ether oxygens (including phenoxy) is 8. The Morgan fingerprint density at radius 1 is 0.467 bits per heavy atom. The Labute approximate surface area is 261 Å². The molecule has 0 spiro atoms. The van der Waals surface area contributed by atoms with Gasteiger partial charge in [0.15, 0.2) is 0 Å². The van der Waals surface area contributed by atoms with E-state index < -0.39 is 5.41 Å². The maximum absolute atomic E-state index is 6.62. The van der Waals surface area contributed by atoms with Gasteiger partial charge in [0.05, 0.1) is 31.8 Å². The molecule has 4 unspecified atom stereocenters. The summed E-state index contributed by atoms with van der Waals surface area (Å²) in [5.74, 6) is 2.97. The Hall–Kier alpha value is -4.08. The van der Waals surface area contributed by atoms with Crippen LogP contribution in [0.4, 0.5) is 0 Å². The van der Waals surface area contributed by atoms with Crippen LogP contribution in [0, 0.1) is 0 Å². The van der Waals surface area contributed by atoms with E-state index in [0.717, 1.165) is 58.5 Å². The minimum Gasteiger partial charge on any atom is -0.491 e. The van der Waals surface area contributed by atoms with Crippen molar-refractivity contribution < 1.29 is 37.9 Å². The van der Waals surface area contributed by atoms with E-state index in [0.29, 0.717) is 39.6 Å². The zero-order valence-corrected chi connectivity index (χ0v) is 24.8. The van der Waals surface area contributed by atoms with Crippen LogP contribution in [0.1, 0.15) is 22.3 Å². The molecule has 1 aliphatic carbocycles. The summed E-state index contributed by atoms with van der Waals surface area (Å²) in [5.41, 5.74) is 5.92. The largest absolute Gasteiger partial charge is 0.491 e. The number of benzene rings is 4. The van der Waals surface area contributed by atoms with Crippen LogP contribution < -0.4 is 18.9 Å². The van der Waals surface area contributed by atoms with Crippen LogP contribution in [-0.2, 0) is 24.4 Å². The van der Waals surface area contributed by atoms with Crippen LogP contribution in [0.2, 0.25) is 0 Å². The van der Waals surface area contributed by atoms with Gasteiger partial charge in [-0.2, -0.15) is 0 Å². The predicted octanol–water partition coefficient (Wildman–Crippen LogP) is 5.16. The third kappa shape index (κ3) is 5.32. The average Bonchev–Trinajstić information content (AvgIpc) is 3.88. The zero-order valence-electron chi connectivity index (χ0n) is 24.8. The molecule has 4 aromatic rings. The Morgan fingerprint density at radius 2 is 0.844 bits per heavy atom. The van der Waals surface area contributed by atoms with Crippen LogP contribution in [-0.4, -0.2) is 77.3 Å². The third-order valence-electron chi connectivity index (χ3n) is 9.00. The normalized spacial score (nSPS) is 24.3. The molecule has 8 nitrogen and oxygen atoms in total. The lowest BCUT2D eigenvalue weighted by molar-refractivity contribution is 0.247. The summed E-state index contributed by atoms with van der Waals surface area (Å²) in [6.45, 7) is 4.82. The molecule has 4 saturated heterocycles. The Kier molecular flexibility index (Phi) is 6.70. The number of epoxide rings is 4. The van der Waals surface area contributed by atoms with Crippen molar-refractivity contribution in [1.82, 2.24) is 0 Å². The molecular formula is C37H34O8. The first-order chi connectivity index (χ1) is 22.3. The molecule has 9 rings (SSSR count). The first-order valence-electron chi connectivity index (χ1n) is 15.7. The van der Waals surface area contributed by atoms with Gasteiger partial charge in [-0.3, -0.25) is 0 Å². The highest BCUT2D eigenvalue weighted by atomic mass is 16.6. The Bertz CT molecular complexity index is 1590. The van der Waals surface area contributed by atoms with Crippen LogP contribution in [0.5, 0.6) is 23.0 Å². The summed E-state index contributed by atoms with van der Waals surface area (Å²) in [5, 5.41) is 0. The van der Waals surface area contributed by atoms with Gasteiger partial charge < -0.3 is 37.9 Å². The van der Waals surface area contributed by atoms with E-state index in [1.165, 1.54) is 11.1 Å². The highest BCUT2D eigenvalue weighted by Crippen LogP contribution is 2.60. The molecule has 0 amide bonds. The van der Waals surface area contributed by atoms with E-state index in [-0.39, 0.29) is 24.4 Å². The number of rotatable bonds is 14. The average molecular weight is 607 g/mol. The first-order valence-corrected chi connectivity index (χ1v) is 15.7. The second-order valence-electron chi connectivity index (χ2n) is 12.2. The smallest absolute Gasteiger partial charge is 0.127 e. The summed E-state index contributed by atoms with van der Waals surface area (Å²) < 4.78 is 47.4. The molecular weight excluding hydrogens is 572 g/mol. The fourth-order valence-electron chi connectivity index (χ4n) is 6.40. The van der Waals surface area contributed by atoms with E-state index in [4.69, 9.17) is 37.9 Å². The van der Waals surface area contributed by atoms with Crippen molar-refractivity contribution >= 4 is 0 Å². The van der Waals surface area contributed by atoms with Gasteiger partial charge in [-0.25, -0.2) is 0 Å². The molecule has 0 N–H and O–H groups in total. The van der Waals surface area contributed by atoms with Crippen molar-refractivity contribution in [2.24, 2.45) is 0 Å². The molecule has 0 saturated carbocycles. The quantitative estimate of drug-likeness (QED) is 0.160. The maximum atomic E-state index is 6.62. The summed E-state index contributed by atoms with van der Waals surface area (Å²) >= 11 is 0. The maximum Gasteiger partial charge on any atom is 0.127 e. The van der Waals surface area contributed by atoms with Crippen molar-refractivity contribution in [1.29, 1.82) is 0 Å². The number of hydrogen-bond acceptors (Lipinski definition) is 8.